The van der Waals surface area contributed by atoms with Crippen molar-refractivity contribution in [3.63, 3.8) is 0 Å². The number of hydrogen-bond donors (Lipinski definition) is 3. The smallest absolute Gasteiger partial charge is 0.416 e. The molecule has 4 rings (SSSR count). The molecule has 0 unspecified atom stereocenters. The second kappa shape index (κ2) is 13.2. The lowest BCUT2D eigenvalue weighted by atomic mass is 9.99. The van der Waals surface area contributed by atoms with Crippen LogP contribution in [-0.2, 0) is 16.2 Å². The minimum atomic E-state index is -4.53. The average Bonchev–Trinajstić information content (AvgIpc) is 2.99. The number of nitrogens with zero attached hydrogens (tertiary/aromatic N) is 2. The van der Waals surface area contributed by atoms with Crippen LogP contribution in [0, 0.1) is 5.92 Å². The fourth-order valence-corrected chi connectivity index (χ4v) is 5.91. The van der Waals surface area contributed by atoms with E-state index in [1.165, 1.54) is 42.3 Å². The minimum Gasteiger partial charge on any atom is -0.486 e. The van der Waals surface area contributed by atoms with Gasteiger partial charge in [-0.2, -0.15) is 17.5 Å². The molecule has 3 atom stereocenters. The Morgan fingerprint density at radius 3 is 2.34 bits per heavy atom. The Morgan fingerprint density at radius 1 is 1.07 bits per heavy atom. The van der Waals surface area contributed by atoms with Gasteiger partial charge in [-0.3, -0.25) is 4.79 Å². The highest BCUT2D eigenvalue weighted by Gasteiger charge is 2.36. The average molecular weight is 635 g/mol. The van der Waals surface area contributed by atoms with Crippen LogP contribution in [0.15, 0.2) is 77.7 Å². The fraction of sp³-hybridized carbons (Fsp3) is 0.333. The number of carbonyl (C=O) groups excluding carboxylic acids is 2. The van der Waals surface area contributed by atoms with Gasteiger partial charge in [0.1, 0.15) is 6.10 Å². The van der Waals surface area contributed by atoms with E-state index in [-0.39, 0.29) is 47.3 Å². The number of para-hydroxylation sites is 1. The molecule has 3 aromatic rings. The summed E-state index contributed by atoms with van der Waals surface area (Å²) in [5, 5.41) is 14.9. The number of aliphatic hydroxyl groups excluding tert-OH is 1. The Balaban J connectivity index is 1.65. The van der Waals surface area contributed by atoms with Gasteiger partial charge >= 0.3 is 12.2 Å². The third-order valence-electron chi connectivity index (χ3n) is 7.30. The van der Waals surface area contributed by atoms with Crippen LogP contribution in [-0.4, -0.2) is 73.6 Å². The highest BCUT2D eigenvalue weighted by Crippen LogP contribution is 2.35. The number of amides is 3. The van der Waals surface area contributed by atoms with Crippen LogP contribution in [0.2, 0.25) is 0 Å². The number of carbonyl (C=O) groups is 2. The third kappa shape index (κ3) is 7.31. The lowest BCUT2D eigenvalue weighted by molar-refractivity contribution is -0.137. The Hall–Kier alpha value is -4.14. The van der Waals surface area contributed by atoms with Gasteiger partial charge in [0.05, 0.1) is 40.9 Å². The summed E-state index contributed by atoms with van der Waals surface area (Å²) in [5.74, 6) is -0.912. The first kappa shape index (κ1) is 32.8. The number of rotatable bonds is 8. The van der Waals surface area contributed by atoms with Crippen molar-refractivity contribution in [2.75, 3.05) is 37.4 Å². The zero-order chi connectivity index (χ0) is 32.2. The molecule has 3 aromatic carbocycles. The number of ether oxygens (including phenoxy) is 1. The lowest BCUT2D eigenvalue weighted by Gasteiger charge is -2.38. The van der Waals surface area contributed by atoms with Gasteiger partial charge in [-0.25, -0.2) is 13.2 Å². The molecule has 10 nitrogen and oxygen atoms in total. The maximum Gasteiger partial charge on any atom is 0.416 e. The molecule has 14 heteroatoms. The first-order valence-electron chi connectivity index (χ1n) is 13.7. The van der Waals surface area contributed by atoms with Crippen molar-refractivity contribution < 1.29 is 41.0 Å². The molecule has 3 amide bonds. The van der Waals surface area contributed by atoms with Crippen LogP contribution in [0.4, 0.5) is 29.3 Å². The third-order valence-corrected chi connectivity index (χ3v) is 9.14. The van der Waals surface area contributed by atoms with Crippen molar-refractivity contribution in [1.82, 2.24) is 9.21 Å². The van der Waals surface area contributed by atoms with Crippen LogP contribution in [0.3, 0.4) is 0 Å². The van der Waals surface area contributed by atoms with Gasteiger partial charge in [-0.15, -0.1) is 0 Å². The molecule has 0 spiro atoms. The molecule has 0 radical (unpaired) electrons. The van der Waals surface area contributed by atoms with E-state index in [0.29, 0.717) is 0 Å². The first-order chi connectivity index (χ1) is 20.7. The van der Waals surface area contributed by atoms with Crippen LogP contribution < -0.4 is 15.4 Å². The van der Waals surface area contributed by atoms with Gasteiger partial charge in [0, 0.05) is 25.2 Å². The number of halogens is 3. The predicted molar refractivity (Wildman–Crippen MR) is 158 cm³/mol. The van der Waals surface area contributed by atoms with Crippen LogP contribution in [0.1, 0.15) is 29.8 Å². The highest BCUT2D eigenvalue weighted by atomic mass is 32.2. The number of sulfonamides is 1. The zero-order valence-corrected chi connectivity index (χ0v) is 25.0. The molecular weight excluding hydrogens is 601 g/mol. The summed E-state index contributed by atoms with van der Waals surface area (Å²) in [5.41, 5.74) is -0.637. The van der Waals surface area contributed by atoms with E-state index < -0.39 is 51.8 Å². The molecule has 1 aliphatic rings. The topological polar surface area (TPSA) is 128 Å². The van der Waals surface area contributed by atoms with Crippen molar-refractivity contribution in [3.05, 3.63) is 83.9 Å². The summed E-state index contributed by atoms with van der Waals surface area (Å²) in [6, 6.07) is 14.8. The molecule has 1 aliphatic heterocycles. The van der Waals surface area contributed by atoms with Gasteiger partial charge in [0.2, 0.25) is 10.0 Å². The molecule has 0 bridgehead atoms. The highest BCUT2D eigenvalue weighted by molar-refractivity contribution is 7.89. The van der Waals surface area contributed by atoms with E-state index in [0.717, 1.165) is 28.6 Å². The van der Waals surface area contributed by atoms with Gasteiger partial charge in [-0.1, -0.05) is 31.2 Å². The first-order valence-corrected chi connectivity index (χ1v) is 15.1. The summed E-state index contributed by atoms with van der Waals surface area (Å²) in [6.07, 6.45) is -5.34. The van der Waals surface area contributed by atoms with Crippen molar-refractivity contribution in [2.45, 2.75) is 37.1 Å². The molecular formula is C30H33F3N4O6S. The van der Waals surface area contributed by atoms with Crippen molar-refractivity contribution in [1.29, 1.82) is 0 Å². The summed E-state index contributed by atoms with van der Waals surface area (Å²) < 4.78 is 72.8. The molecule has 236 valence electrons. The van der Waals surface area contributed by atoms with Gasteiger partial charge in [-0.05, 0) is 55.5 Å². The molecule has 0 aliphatic carbocycles. The largest absolute Gasteiger partial charge is 0.486 e. The maximum absolute atomic E-state index is 13.7. The van der Waals surface area contributed by atoms with E-state index in [9.17, 15) is 36.3 Å². The second-order valence-corrected chi connectivity index (χ2v) is 12.6. The number of aliphatic hydroxyl groups is 1. The number of hydrogen-bond acceptors (Lipinski definition) is 6. The monoisotopic (exact) mass is 634 g/mol. The van der Waals surface area contributed by atoms with Crippen LogP contribution in [0.5, 0.6) is 5.75 Å². The van der Waals surface area contributed by atoms with E-state index in [4.69, 9.17) is 4.74 Å². The lowest BCUT2D eigenvalue weighted by Crippen LogP contribution is -2.50. The van der Waals surface area contributed by atoms with E-state index in [1.54, 1.807) is 32.0 Å². The number of alkyl halides is 3. The summed E-state index contributed by atoms with van der Waals surface area (Å²) >= 11 is 0. The number of benzene rings is 3. The van der Waals surface area contributed by atoms with Gasteiger partial charge in [0.25, 0.3) is 5.91 Å². The van der Waals surface area contributed by atoms with Crippen LogP contribution in [0.25, 0.3) is 0 Å². The molecule has 3 N–H and O–H groups in total. The molecule has 0 saturated heterocycles. The Morgan fingerprint density at radius 2 is 1.73 bits per heavy atom. The Labute approximate surface area is 253 Å². The molecule has 0 fully saturated rings. The zero-order valence-electron chi connectivity index (χ0n) is 24.2. The molecule has 44 heavy (non-hydrogen) atoms. The number of urea groups is 1. The number of likely N-dealkylation sites (N-methyl/N-ethyl adjacent to an activating group) is 1. The van der Waals surface area contributed by atoms with E-state index in [1.807, 2.05) is 0 Å². The number of fused-ring (bicyclic) bond motifs is 1. The Kier molecular flexibility index (Phi) is 9.86. The molecule has 0 saturated carbocycles. The Bertz CT molecular complexity index is 1590. The van der Waals surface area contributed by atoms with Gasteiger partial charge in [0.15, 0.2) is 5.75 Å². The van der Waals surface area contributed by atoms with E-state index in [2.05, 4.69) is 10.6 Å². The SMILES string of the molecule is C[C@@H]1CN([C@H](C)CO)C(=O)c2cccc(NC(=O)Nc3ccc(C(F)(F)F)cc3)c2O[C@H]1CN(C)S(=O)(=O)c1ccccc1. The predicted octanol–water partition coefficient (Wildman–Crippen LogP) is 4.89. The van der Waals surface area contributed by atoms with Crippen LogP contribution >= 0.6 is 0 Å². The summed E-state index contributed by atoms with van der Waals surface area (Å²) in [7, 11) is -2.48. The standard InChI is InChI=1S/C30H33F3N4O6S/c1-19-16-37(20(2)18-38)28(39)24-10-7-11-25(35-29(40)34-22-14-12-21(13-15-22)30(31,32)33)27(24)43-26(19)17-36(3)44(41,42)23-8-5-4-6-9-23/h4-15,19-20,26,38H,16-18H2,1-3H3,(H2,34,35,40)/t19-,20-,26+/m1/s1. The second-order valence-electron chi connectivity index (χ2n) is 10.6. The minimum absolute atomic E-state index is 0.0164. The summed E-state index contributed by atoms with van der Waals surface area (Å²) in [4.78, 5) is 28.1. The summed E-state index contributed by atoms with van der Waals surface area (Å²) in [6.45, 7) is 3.17. The van der Waals surface area contributed by atoms with E-state index >= 15 is 0 Å². The maximum atomic E-state index is 13.7. The quantitative estimate of drug-likeness (QED) is 0.324. The number of nitrogens with one attached hydrogen (secondary N) is 2. The van der Waals surface area contributed by atoms with Crippen molar-refractivity contribution in [3.8, 4) is 5.75 Å². The van der Waals surface area contributed by atoms with Gasteiger partial charge < -0.3 is 25.4 Å². The fourth-order valence-electron chi connectivity index (χ4n) is 4.71. The normalized spacial score (nSPS) is 18.1. The van der Waals surface area contributed by atoms with Crippen molar-refractivity contribution >= 4 is 33.3 Å². The number of anilines is 2. The molecule has 0 aromatic heterocycles. The molecule has 1 heterocycles. The van der Waals surface area contributed by atoms with Crippen molar-refractivity contribution in [2.24, 2.45) is 5.92 Å².